The molecule has 4 aromatic rings. The molecule has 2 heterocycles. The number of aliphatic hydroxyl groups is 1. The predicted molar refractivity (Wildman–Crippen MR) is 129 cm³/mol. The van der Waals surface area contributed by atoms with Crippen LogP contribution < -0.4 is 16.1 Å². The van der Waals surface area contributed by atoms with Crippen molar-refractivity contribution in [3.05, 3.63) is 80.8 Å². The standard InChI is InChI=1S/C22H17N5O6S/c28-9-8-26-11-16(20(30)15-10-17(29)18-14(19(15)26)2-1-7-23-18)21(31)25-22(34)24-12-3-5-13(6-4-12)27(32)33/h1-7,10-11,28-29H,8-9H2,(H2,24,25,31,34). The number of aromatic nitrogens is 2. The first-order chi connectivity index (χ1) is 16.3. The van der Waals surface area contributed by atoms with Crippen molar-refractivity contribution in [1.29, 1.82) is 0 Å². The molecule has 0 radical (unpaired) electrons. The minimum atomic E-state index is -0.802. The number of nitro benzene ring substituents is 1. The summed E-state index contributed by atoms with van der Waals surface area (Å²) in [6.45, 7) is -0.181. The van der Waals surface area contributed by atoms with Crippen LogP contribution in [0.2, 0.25) is 0 Å². The molecule has 0 saturated carbocycles. The van der Waals surface area contributed by atoms with E-state index in [0.29, 0.717) is 16.6 Å². The van der Waals surface area contributed by atoms with Gasteiger partial charge in [0.1, 0.15) is 16.8 Å². The molecule has 0 aliphatic heterocycles. The summed E-state index contributed by atoms with van der Waals surface area (Å²) in [5.74, 6) is -1.02. The summed E-state index contributed by atoms with van der Waals surface area (Å²) in [5, 5.41) is 36.2. The van der Waals surface area contributed by atoms with Gasteiger partial charge in [-0.1, -0.05) is 0 Å². The quantitative estimate of drug-likeness (QED) is 0.146. The third-order valence-corrected chi connectivity index (χ3v) is 5.26. The van der Waals surface area contributed by atoms with Crippen molar-refractivity contribution in [3.63, 3.8) is 0 Å². The van der Waals surface area contributed by atoms with Crippen LogP contribution in [0.25, 0.3) is 21.8 Å². The zero-order valence-corrected chi connectivity index (χ0v) is 18.2. The lowest BCUT2D eigenvalue weighted by Crippen LogP contribution is -2.37. The number of nitro groups is 1. The normalized spacial score (nSPS) is 10.9. The molecular weight excluding hydrogens is 462 g/mol. The Morgan fingerprint density at radius 2 is 1.94 bits per heavy atom. The zero-order valence-electron chi connectivity index (χ0n) is 17.4. The SMILES string of the molecule is O=C(NC(=S)Nc1ccc([N+](=O)[O-])cc1)c1cn(CCO)c2c(cc(O)c3ncccc32)c1=O. The highest BCUT2D eigenvalue weighted by molar-refractivity contribution is 7.80. The van der Waals surface area contributed by atoms with E-state index in [1.54, 1.807) is 16.7 Å². The summed E-state index contributed by atoms with van der Waals surface area (Å²) in [6.07, 6.45) is 2.82. The van der Waals surface area contributed by atoms with Crippen LogP contribution in [0.3, 0.4) is 0 Å². The van der Waals surface area contributed by atoms with Crippen molar-refractivity contribution >= 4 is 56.4 Å². The van der Waals surface area contributed by atoms with Gasteiger partial charge in [-0.2, -0.15) is 0 Å². The van der Waals surface area contributed by atoms with Crippen LogP contribution >= 0.6 is 12.2 Å². The van der Waals surface area contributed by atoms with E-state index in [1.807, 2.05) is 0 Å². The molecule has 0 atom stereocenters. The summed E-state index contributed by atoms with van der Waals surface area (Å²) in [6, 6.07) is 9.96. The molecular formula is C22H17N5O6S. The Morgan fingerprint density at radius 3 is 2.62 bits per heavy atom. The summed E-state index contributed by atoms with van der Waals surface area (Å²) in [7, 11) is 0. The number of phenols is 1. The molecule has 12 heteroatoms. The molecule has 0 bridgehead atoms. The highest BCUT2D eigenvalue weighted by atomic mass is 32.1. The first kappa shape index (κ1) is 22.8. The van der Waals surface area contributed by atoms with Gasteiger partial charge in [-0.25, -0.2) is 0 Å². The van der Waals surface area contributed by atoms with Gasteiger partial charge in [0, 0.05) is 42.1 Å². The van der Waals surface area contributed by atoms with Crippen molar-refractivity contribution in [3.8, 4) is 5.75 Å². The van der Waals surface area contributed by atoms with Gasteiger partial charge in [0.15, 0.2) is 5.11 Å². The molecule has 11 nitrogen and oxygen atoms in total. The summed E-state index contributed by atoms with van der Waals surface area (Å²) in [4.78, 5) is 40.4. The fourth-order valence-corrected chi connectivity index (χ4v) is 3.78. The average molecular weight is 479 g/mol. The van der Waals surface area contributed by atoms with Crippen LogP contribution in [0.15, 0.2) is 59.7 Å². The topological polar surface area (TPSA) is 160 Å². The van der Waals surface area contributed by atoms with Gasteiger partial charge in [0.2, 0.25) is 5.43 Å². The number of benzene rings is 2. The fraction of sp³-hybridized carbons (Fsp3) is 0.0909. The van der Waals surface area contributed by atoms with Gasteiger partial charge in [0.25, 0.3) is 11.6 Å². The molecule has 0 saturated heterocycles. The number of hydrogen-bond donors (Lipinski definition) is 4. The van der Waals surface area contributed by atoms with E-state index < -0.39 is 16.3 Å². The maximum Gasteiger partial charge on any atom is 0.269 e. The van der Waals surface area contributed by atoms with E-state index in [4.69, 9.17) is 12.2 Å². The molecule has 1 amide bonds. The van der Waals surface area contributed by atoms with E-state index in [9.17, 15) is 29.9 Å². The van der Waals surface area contributed by atoms with E-state index in [0.717, 1.165) is 0 Å². The maximum atomic E-state index is 13.2. The second-order valence-electron chi connectivity index (χ2n) is 7.19. The lowest BCUT2D eigenvalue weighted by molar-refractivity contribution is -0.384. The van der Waals surface area contributed by atoms with Gasteiger partial charge in [-0.3, -0.25) is 30.0 Å². The largest absolute Gasteiger partial charge is 0.506 e. The molecule has 0 unspecified atom stereocenters. The summed E-state index contributed by atoms with van der Waals surface area (Å²) < 4.78 is 1.54. The number of carbonyl (C=O) groups excluding carboxylic acids is 1. The summed E-state index contributed by atoms with van der Waals surface area (Å²) >= 11 is 5.13. The van der Waals surface area contributed by atoms with Crippen molar-refractivity contribution in [2.24, 2.45) is 0 Å². The number of fused-ring (bicyclic) bond motifs is 3. The molecule has 0 aliphatic rings. The second-order valence-corrected chi connectivity index (χ2v) is 7.60. The molecule has 0 spiro atoms. The van der Waals surface area contributed by atoms with Gasteiger partial charge in [-0.15, -0.1) is 0 Å². The molecule has 4 N–H and O–H groups in total. The Hall–Kier alpha value is -4.42. The number of carbonyl (C=O) groups is 1. The van der Waals surface area contributed by atoms with Crippen molar-refractivity contribution in [1.82, 2.24) is 14.9 Å². The Morgan fingerprint density at radius 1 is 1.21 bits per heavy atom. The number of thiocarbonyl (C=S) groups is 1. The summed E-state index contributed by atoms with van der Waals surface area (Å²) in [5.41, 5.74) is 0.107. The first-order valence-electron chi connectivity index (χ1n) is 9.91. The number of non-ortho nitro benzene ring substituents is 1. The molecule has 0 aliphatic carbocycles. The third-order valence-electron chi connectivity index (χ3n) is 5.05. The van der Waals surface area contributed by atoms with Gasteiger partial charge >= 0.3 is 0 Å². The average Bonchev–Trinajstić information content (AvgIpc) is 2.81. The maximum absolute atomic E-state index is 13.2. The second kappa shape index (κ2) is 9.21. The minimum Gasteiger partial charge on any atom is -0.506 e. The number of hydrogen-bond acceptors (Lipinski definition) is 8. The van der Waals surface area contributed by atoms with E-state index in [1.165, 1.54) is 42.7 Å². The van der Waals surface area contributed by atoms with E-state index in [-0.39, 0.29) is 46.2 Å². The molecule has 4 rings (SSSR count). The van der Waals surface area contributed by atoms with E-state index in [2.05, 4.69) is 15.6 Å². The Kier molecular flexibility index (Phi) is 6.17. The number of nitrogens with zero attached hydrogens (tertiary/aromatic N) is 3. The Bertz CT molecular complexity index is 1520. The molecule has 2 aromatic heterocycles. The van der Waals surface area contributed by atoms with Gasteiger partial charge in [-0.05, 0) is 42.5 Å². The van der Waals surface area contributed by atoms with Crippen LogP contribution in [-0.4, -0.2) is 42.3 Å². The predicted octanol–water partition coefficient (Wildman–Crippen LogP) is 2.28. The highest BCUT2D eigenvalue weighted by Gasteiger charge is 2.20. The Labute approximate surface area is 196 Å². The lowest BCUT2D eigenvalue weighted by atomic mass is 10.1. The zero-order chi connectivity index (χ0) is 24.4. The smallest absolute Gasteiger partial charge is 0.269 e. The first-order valence-corrected chi connectivity index (χ1v) is 10.3. The molecule has 0 fully saturated rings. The monoisotopic (exact) mass is 479 g/mol. The minimum absolute atomic E-state index is 0.0772. The Balaban J connectivity index is 1.69. The molecule has 34 heavy (non-hydrogen) atoms. The number of rotatable bonds is 5. The van der Waals surface area contributed by atoms with Crippen LogP contribution in [0.5, 0.6) is 5.75 Å². The van der Waals surface area contributed by atoms with Gasteiger partial charge < -0.3 is 20.1 Å². The number of amides is 1. The van der Waals surface area contributed by atoms with Crippen LogP contribution in [0, 0.1) is 10.1 Å². The van der Waals surface area contributed by atoms with Gasteiger partial charge in [0.05, 0.1) is 22.4 Å². The third kappa shape index (κ3) is 4.27. The highest BCUT2D eigenvalue weighted by Crippen LogP contribution is 2.30. The number of pyridine rings is 2. The number of nitrogens with one attached hydrogen (secondary N) is 2. The van der Waals surface area contributed by atoms with E-state index >= 15 is 0 Å². The number of phenolic OH excluding ortho intramolecular Hbond substituents is 1. The van der Waals surface area contributed by atoms with Crippen molar-refractivity contribution in [2.75, 3.05) is 11.9 Å². The van der Waals surface area contributed by atoms with Crippen LogP contribution in [0.1, 0.15) is 10.4 Å². The molecule has 172 valence electrons. The molecule has 2 aromatic carbocycles. The number of aromatic hydroxyl groups is 1. The van der Waals surface area contributed by atoms with Crippen LogP contribution in [0.4, 0.5) is 11.4 Å². The number of aliphatic hydroxyl groups excluding tert-OH is 1. The number of anilines is 1. The van der Waals surface area contributed by atoms with Crippen molar-refractivity contribution < 1.29 is 19.9 Å². The lowest BCUT2D eigenvalue weighted by Gasteiger charge is -2.15. The fourth-order valence-electron chi connectivity index (χ4n) is 3.57. The van der Waals surface area contributed by atoms with Crippen LogP contribution in [-0.2, 0) is 6.54 Å². The van der Waals surface area contributed by atoms with Crippen molar-refractivity contribution in [2.45, 2.75) is 6.54 Å².